The van der Waals surface area contributed by atoms with E-state index in [1.54, 1.807) is 0 Å². The zero-order valence-corrected chi connectivity index (χ0v) is 12.1. The lowest BCUT2D eigenvalue weighted by Gasteiger charge is -2.11. The van der Waals surface area contributed by atoms with Gasteiger partial charge in [0.05, 0.1) is 16.9 Å². The predicted octanol–water partition coefficient (Wildman–Crippen LogP) is 3.78. The molecule has 21 heavy (non-hydrogen) atoms. The number of fused-ring (bicyclic) bond motifs is 1. The second kappa shape index (κ2) is 5.83. The topological polar surface area (TPSA) is 50.9 Å². The number of hydrogen-bond acceptors (Lipinski definition) is 3. The number of anilines is 2. The van der Waals surface area contributed by atoms with Crippen LogP contribution in [-0.2, 0) is 6.42 Å². The quantitative estimate of drug-likeness (QED) is 0.713. The van der Waals surface area contributed by atoms with Crippen molar-refractivity contribution >= 4 is 22.3 Å². The highest BCUT2D eigenvalue weighted by atomic mass is 14.9. The van der Waals surface area contributed by atoms with Crippen molar-refractivity contribution in [3.63, 3.8) is 0 Å². The van der Waals surface area contributed by atoms with Crippen LogP contribution in [0, 0.1) is 6.92 Å². The summed E-state index contributed by atoms with van der Waals surface area (Å²) in [7, 11) is 0. The van der Waals surface area contributed by atoms with Gasteiger partial charge in [-0.05, 0) is 42.7 Å². The summed E-state index contributed by atoms with van der Waals surface area (Å²) in [6.07, 6.45) is 2.76. The Labute approximate surface area is 124 Å². The van der Waals surface area contributed by atoms with Crippen LogP contribution in [0.5, 0.6) is 0 Å². The van der Waals surface area contributed by atoms with Crippen molar-refractivity contribution in [2.75, 3.05) is 17.6 Å². The van der Waals surface area contributed by atoms with Gasteiger partial charge < -0.3 is 11.1 Å². The number of aryl methyl sites for hydroxylation is 1. The van der Waals surface area contributed by atoms with E-state index in [-0.39, 0.29) is 0 Å². The second-order valence-electron chi connectivity index (χ2n) is 5.26. The first-order valence-electron chi connectivity index (χ1n) is 7.16. The maximum Gasteiger partial charge on any atom is 0.0734 e. The van der Waals surface area contributed by atoms with E-state index in [4.69, 9.17) is 5.73 Å². The summed E-state index contributed by atoms with van der Waals surface area (Å²) < 4.78 is 0. The molecule has 1 heterocycles. The van der Waals surface area contributed by atoms with E-state index in [2.05, 4.69) is 47.6 Å². The van der Waals surface area contributed by atoms with Gasteiger partial charge in [0.2, 0.25) is 0 Å². The molecule has 3 aromatic rings. The Morgan fingerprint density at radius 3 is 2.86 bits per heavy atom. The molecule has 3 nitrogen and oxygen atoms in total. The first-order chi connectivity index (χ1) is 10.2. The van der Waals surface area contributed by atoms with Crippen molar-refractivity contribution in [1.29, 1.82) is 0 Å². The first kappa shape index (κ1) is 13.4. The number of nitrogens with two attached hydrogens (primary N) is 1. The monoisotopic (exact) mass is 277 g/mol. The van der Waals surface area contributed by atoms with E-state index in [1.165, 1.54) is 16.5 Å². The van der Waals surface area contributed by atoms with Crippen LogP contribution in [0.1, 0.15) is 11.1 Å². The number of nitrogen functional groups attached to an aromatic ring is 1. The number of hydrogen-bond donors (Lipinski definition) is 2. The zero-order valence-electron chi connectivity index (χ0n) is 12.1. The third-order valence-electron chi connectivity index (χ3n) is 3.63. The number of pyridine rings is 1. The van der Waals surface area contributed by atoms with Gasteiger partial charge in [-0.15, -0.1) is 0 Å². The van der Waals surface area contributed by atoms with Crippen molar-refractivity contribution in [2.24, 2.45) is 0 Å². The number of nitrogens with one attached hydrogen (secondary N) is 1. The molecule has 0 unspecified atom stereocenters. The maximum absolute atomic E-state index is 5.98. The molecule has 0 atom stereocenters. The molecule has 0 aliphatic carbocycles. The molecule has 0 aliphatic rings. The van der Waals surface area contributed by atoms with Crippen LogP contribution in [0.25, 0.3) is 10.9 Å². The number of benzene rings is 2. The second-order valence-corrected chi connectivity index (χ2v) is 5.26. The van der Waals surface area contributed by atoms with Crippen molar-refractivity contribution < 1.29 is 0 Å². The van der Waals surface area contributed by atoms with Crippen molar-refractivity contribution in [3.8, 4) is 0 Å². The molecule has 0 aliphatic heterocycles. The standard InChI is InChI=1S/C18H19N3/c1-13-7-8-16(19)17(12-13)20-11-9-15-5-2-4-14-6-3-10-21-18(14)15/h2-8,10,12,20H,9,11,19H2,1H3. The highest BCUT2D eigenvalue weighted by Gasteiger charge is 2.03. The fourth-order valence-electron chi connectivity index (χ4n) is 2.52. The summed E-state index contributed by atoms with van der Waals surface area (Å²) in [4.78, 5) is 4.49. The van der Waals surface area contributed by atoms with E-state index in [1.807, 2.05) is 24.4 Å². The Bertz CT molecular complexity index is 760. The highest BCUT2D eigenvalue weighted by Crippen LogP contribution is 2.20. The third kappa shape index (κ3) is 2.97. The molecule has 2 aromatic carbocycles. The maximum atomic E-state index is 5.98. The molecule has 0 fully saturated rings. The largest absolute Gasteiger partial charge is 0.397 e. The number of aromatic nitrogens is 1. The normalized spacial score (nSPS) is 10.7. The minimum atomic E-state index is 0.789. The average Bonchev–Trinajstić information content (AvgIpc) is 2.51. The lowest BCUT2D eigenvalue weighted by Crippen LogP contribution is -2.07. The molecule has 1 aromatic heterocycles. The lowest BCUT2D eigenvalue weighted by atomic mass is 10.1. The molecule has 0 saturated heterocycles. The van der Waals surface area contributed by atoms with Crippen molar-refractivity contribution in [1.82, 2.24) is 4.98 Å². The summed E-state index contributed by atoms with van der Waals surface area (Å²) >= 11 is 0. The zero-order chi connectivity index (χ0) is 14.7. The fraction of sp³-hybridized carbons (Fsp3) is 0.167. The van der Waals surface area contributed by atoms with E-state index in [9.17, 15) is 0 Å². The molecular weight excluding hydrogens is 258 g/mol. The predicted molar refractivity (Wildman–Crippen MR) is 89.5 cm³/mol. The van der Waals surface area contributed by atoms with Gasteiger partial charge >= 0.3 is 0 Å². The Kier molecular flexibility index (Phi) is 3.73. The van der Waals surface area contributed by atoms with E-state index in [0.717, 1.165) is 29.9 Å². The van der Waals surface area contributed by atoms with Crippen LogP contribution < -0.4 is 11.1 Å². The molecule has 0 bridgehead atoms. The Morgan fingerprint density at radius 2 is 1.95 bits per heavy atom. The average molecular weight is 277 g/mol. The number of rotatable bonds is 4. The summed E-state index contributed by atoms with van der Waals surface area (Å²) in [6, 6.07) is 16.4. The van der Waals surface area contributed by atoms with Gasteiger partial charge in [-0.3, -0.25) is 4.98 Å². The minimum Gasteiger partial charge on any atom is -0.397 e. The number of nitrogens with zero attached hydrogens (tertiary/aromatic N) is 1. The minimum absolute atomic E-state index is 0.789. The molecule has 0 spiro atoms. The highest BCUT2D eigenvalue weighted by molar-refractivity contribution is 5.81. The Hall–Kier alpha value is -2.55. The molecule has 3 rings (SSSR count). The lowest BCUT2D eigenvalue weighted by molar-refractivity contribution is 1.02. The molecular formula is C18H19N3. The summed E-state index contributed by atoms with van der Waals surface area (Å²) in [5.41, 5.74) is 11.3. The summed E-state index contributed by atoms with van der Waals surface area (Å²) in [5.74, 6) is 0. The summed E-state index contributed by atoms with van der Waals surface area (Å²) in [6.45, 7) is 2.91. The molecule has 3 heteroatoms. The molecule has 0 radical (unpaired) electrons. The first-order valence-corrected chi connectivity index (χ1v) is 7.16. The van der Waals surface area contributed by atoms with E-state index < -0.39 is 0 Å². The van der Waals surface area contributed by atoms with Gasteiger partial charge in [-0.1, -0.05) is 30.3 Å². The number of para-hydroxylation sites is 1. The van der Waals surface area contributed by atoms with Gasteiger partial charge in [0.15, 0.2) is 0 Å². The van der Waals surface area contributed by atoms with Crippen LogP contribution in [0.2, 0.25) is 0 Å². The fourth-order valence-corrected chi connectivity index (χ4v) is 2.52. The smallest absolute Gasteiger partial charge is 0.0734 e. The van der Waals surface area contributed by atoms with Gasteiger partial charge in [0.1, 0.15) is 0 Å². The van der Waals surface area contributed by atoms with E-state index >= 15 is 0 Å². The van der Waals surface area contributed by atoms with Crippen LogP contribution in [0.15, 0.2) is 54.7 Å². The Balaban J connectivity index is 1.74. The van der Waals surface area contributed by atoms with E-state index in [0.29, 0.717) is 0 Å². The van der Waals surface area contributed by atoms with Gasteiger partial charge in [-0.25, -0.2) is 0 Å². The van der Waals surface area contributed by atoms with Crippen LogP contribution >= 0.6 is 0 Å². The molecule has 0 amide bonds. The molecule has 3 N–H and O–H groups in total. The molecule has 106 valence electrons. The van der Waals surface area contributed by atoms with Gasteiger partial charge in [-0.2, -0.15) is 0 Å². The third-order valence-corrected chi connectivity index (χ3v) is 3.63. The SMILES string of the molecule is Cc1ccc(N)c(NCCc2cccc3cccnc23)c1. The van der Waals surface area contributed by atoms with Crippen molar-refractivity contribution in [2.45, 2.75) is 13.3 Å². The van der Waals surface area contributed by atoms with Crippen molar-refractivity contribution in [3.05, 3.63) is 65.9 Å². The molecule has 0 saturated carbocycles. The summed E-state index contributed by atoms with van der Waals surface area (Å²) in [5, 5.41) is 4.60. The van der Waals surface area contributed by atoms with Crippen LogP contribution in [0.3, 0.4) is 0 Å². The van der Waals surface area contributed by atoms with Gasteiger partial charge in [0, 0.05) is 18.1 Å². The van der Waals surface area contributed by atoms with Crippen LogP contribution in [0.4, 0.5) is 11.4 Å². The van der Waals surface area contributed by atoms with Gasteiger partial charge in [0.25, 0.3) is 0 Å². The van der Waals surface area contributed by atoms with Crippen LogP contribution in [-0.4, -0.2) is 11.5 Å². The Morgan fingerprint density at radius 1 is 1.10 bits per heavy atom.